The van der Waals surface area contributed by atoms with Gasteiger partial charge in [0.15, 0.2) is 11.5 Å². The monoisotopic (exact) mass is 604 g/mol. The predicted molar refractivity (Wildman–Crippen MR) is 143 cm³/mol. The van der Waals surface area contributed by atoms with E-state index in [2.05, 4.69) is 14.4 Å². The highest BCUT2D eigenvalue weighted by Gasteiger charge is 2.35. The lowest BCUT2D eigenvalue weighted by molar-refractivity contribution is -0.274. The summed E-state index contributed by atoms with van der Waals surface area (Å²) in [4.78, 5) is 17.1. The van der Waals surface area contributed by atoms with Gasteiger partial charge in [0.05, 0.1) is 28.9 Å². The molecule has 0 radical (unpaired) electrons. The minimum Gasteiger partial charge on any atom is -0.454 e. The number of ether oxygens (including phenoxy) is 3. The first-order chi connectivity index (χ1) is 19.9. The molecule has 0 bridgehead atoms. The van der Waals surface area contributed by atoms with E-state index in [1.54, 1.807) is 22.8 Å². The third-order valence-electron chi connectivity index (χ3n) is 7.13. The second kappa shape index (κ2) is 10.1. The van der Waals surface area contributed by atoms with Crippen LogP contribution in [0.4, 0.5) is 18.9 Å². The molecule has 2 atom stereocenters. The van der Waals surface area contributed by atoms with Crippen LogP contribution in [0.25, 0.3) is 22.2 Å². The number of sulfonamides is 1. The molecule has 1 saturated carbocycles. The number of fused-ring (bicyclic) bond motifs is 2. The van der Waals surface area contributed by atoms with Gasteiger partial charge in [0.2, 0.25) is 6.79 Å². The molecular weight excluding hydrogens is 581 g/mol. The number of halogens is 3. The number of hydrogen-bond acceptors (Lipinski definition) is 8. The minimum atomic E-state index is -4.93. The van der Waals surface area contributed by atoms with E-state index in [0.29, 0.717) is 52.9 Å². The Kier molecular flexibility index (Phi) is 6.65. The molecule has 42 heavy (non-hydrogen) atoms. The van der Waals surface area contributed by atoms with E-state index in [-0.39, 0.29) is 23.1 Å². The number of carbonyl (C=O) groups excluding carboxylic acids is 1. The number of benzene rings is 2. The number of rotatable bonds is 7. The fourth-order valence-corrected chi connectivity index (χ4v) is 6.44. The summed E-state index contributed by atoms with van der Waals surface area (Å²) in [6, 6.07) is 9.72. The van der Waals surface area contributed by atoms with Crippen LogP contribution in [-0.4, -0.2) is 48.2 Å². The van der Waals surface area contributed by atoms with Crippen molar-refractivity contribution >= 4 is 32.7 Å². The lowest BCUT2D eigenvalue weighted by atomic mass is 10.0. The number of nitrogens with one attached hydrogen (secondary N) is 1. The molecule has 3 heterocycles. The Balaban J connectivity index is 1.46. The lowest BCUT2D eigenvalue weighted by Gasteiger charge is -2.20. The third-order valence-corrected chi connectivity index (χ3v) is 8.53. The Bertz CT molecular complexity index is 1810. The summed E-state index contributed by atoms with van der Waals surface area (Å²) < 4.78 is 82.4. The molecule has 1 aliphatic heterocycles. The molecule has 1 amide bonds. The number of alkyl halides is 3. The van der Waals surface area contributed by atoms with Crippen LogP contribution in [0.2, 0.25) is 0 Å². The molecule has 1 fully saturated rings. The van der Waals surface area contributed by atoms with Gasteiger partial charge in [-0.2, -0.15) is 0 Å². The maximum atomic E-state index is 13.1. The topological polar surface area (TPSA) is 155 Å². The summed E-state index contributed by atoms with van der Waals surface area (Å²) in [6.45, 7) is 0.0221. The number of nitrogens with zero attached hydrogens (tertiary/aromatic N) is 2. The smallest absolute Gasteiger partial charge is 0.454 e. The number of aliphatic hydroxyl groups is 1. The number of hydrogen-bond donors (Lipinski definition) is 3. The summed E-state index contributed by atoms with van der Waals surface area (Å²) >= 11 is 0. The van der Waals surface area contributed by atoms with Crippen molar-refractivity contribution in [2.24, 2.45) is 5.73 Å². The molecule has 15 heteroatoms. The molecule has 4 aromatic rings. The van der Waals surface area contributed by atoms with Crippen LogP contribution in [-0.2, 0) is 10.0 Å². The number of aromatic nitrogens is 2. The van der Waals surface area contributed by atoms with Crippen LogP contribution >= 0.6 is 0 Å². The summed E-state index contributed by atoms with van der Waals surface area (Å²) in [5, 5.41) is 11.1. The molecule has 0 saturated heterocycles. The molecule has 4 N–H and O–H groups in total. The highest BCUT2D eigenvalue weighted by molar-refractivity contribution is 7.92. The number of pyridine rings is 1. The second-order valence-corrected chi connectivity index (χ2v) is 11.5. The second-order valence-electron chi connectivity index (χ2n) is 9.81. The minimum absolute atomic E-state index is 0.0141. The Morgan fingerprint density at radius 1 is 1.10 bits per heavy atom. The standard InChI is InChI=1S/C27H23F3N4O7S/c28-27(29,30)41-16-5-7-17(8-6-16)42(37,38)33-15-11-18-23(14-4-9-21-22(10-14)40-13-39-21)24(25(31)36)34(26(18)32-12-15)19-2-1-3-20(19)35/h4-12,19-20,33,35H,1-3,13H2,(H2,31,36). The van der Waals surface area contributed by atoms with Crippen molar-refractivity contribution in [1.82, 2.24) is 9.55 Å². The normalized spacial score (nSPS) is 18.4. The van der Waals surface area contributed by atoms with Gasteiger partial charge >= 0.3 is 6.36 Å². The average molecular weight is 605 g/mol. The van der Waals surface area contributed by atoms with Gasteiger partial charge in [-0.25, -0.2) is 13.4 Å². The van der Waals surface area contributed by atoms with Gasteiger partial charge in [-0.1, -0.05) is 6.07 Å². The van der Waals surface area contributed by atoms with E-state index in [0.717, 1.165) is 24.3 Å². The molecule has 2 unspecified atom stereocenters. The number of carbonyl (C=O) groups is 1. The zero-order valence-electron chi connectivity index (χ0n) is 21.6. The Hall–Kier alpha value is -4.50. The maximum absolute atomic E-state index is 13.1. The fourth-order valence-electron chi connectivity index (χ4n) is 5.41. The first-order valence-corrected chi connectivity index (χ1v) is 14.2. The van der Waals surface area contributed by atoms with Crippen molar-refractivity contribution in [3.63, 3.8) is 0 Å². The van der Waals surface area contributed by atoms with Gasteiger partial charge in [-0.05, 0) is 67.3 Å². The van der Waals surface area contributed by atoms with Crippen LogP contribution < -0.4 is 24.7 Å². The fraction of sp³-hybridized carbons (Fsp3) is 0.259. The number of anilines is 1. The summed E-state index contributed by atoms with van der Waals surface area (Å²) in [5.74, 6) is -0.407. The number of nitrogens with two attached hydrogens (primary N) is 1. The summed E-state index contributed by atoms with van der Waals surface area (Å²) in [7, 11) is -4.27. The van der Waals surface area contributed by atoms with E-state index in [1.165, 1.54) is 12.3 Å². The van der Waals surface area contributed by atoms with E-state index in [4.69, 9.17) is 15.2 Å². The Labute approximate surface area is 236 Å². The zero-order valence-corrected chi connectivity index (χ0v) is 22.4. The van der Waals surface area contributed by atoms with Crippen molar-refractivity contribution in [3.8, 4) is 28.4 Å². The molecular formula is C27H23F3N4O7S. The van der Waals surface area contributed by atoms with Crippen LogP contribution in [0.3, 0.4) is 0 Å². The van der Waals surface area contributed by atoms with Gasteiger partial charge in [0.1, 0.15) is 17.1 Å². The van der Waals surface area contributed by atoms with Gasteiger partial charge in [0.25, 0.3) is 15.9 Å². The largest absolute Gasteiger partial charge is 0.573 e. The molecule has 220 valence electrons. The first kappa shape index (κ1) is 27.7. The summed E-state index contributed by atoms with van der Waals surface area (Å²) in [6.07, 6.45) is -2.64. The summed E-state index contributed by atoms with van der Waals surface area (Å²) in [5.41, 5.74) is 7.17. The number of aliphatic hydroxyl groups excluding tert-OH is 1. The number of amides is 1. The van der Waals surface area contributed by atoms with E-state index in [9.17, 15) is 31.5 Å². The van der Waals surface area contributed by atoms with Crippen LogP contribution in [0.1, 0.15) is 35.8 Å². The molecule has 6 rings (SSSR count). The van der Waals surface area contributed by atoms with Gasteiger partial charge in [0, 0.05) is 10.9 Å². The van der Waals surface area contributed by atoms with Crippen molar-refractivity contribution in [2.75, 3.05) is 11.5 Å². The van der Waals surface area contributed by atoms with Crippen molar-refractivity contribution < 1.29 is 45.7 Å². The van der Waals surface area contributed by atoms with Gasteiger partial charge in [-0.3, -0.25) is 9.52 Å². The maximum Gasteiger partial charge on any atom is 0.573 e. The first-order valence-electron chi connectivity index (χ1n) is 12.7. The Morgan fingerprint density at radius 2 is 1.83 bits per heavy atom. The van der Waals surface area contributed by atoms with E-state index in [1.807, 2.05) is 0 Å². The van der Waals surface area contributed by atoms with Crippen molar-refractivity contribution in [2.45, 2.75) is 42.7 Å². The van der Waals surface area contributed by atoms with Crippen molar-refractivity contribution in [1.29, 1.82) is 0 Å². The van der Waals surface area contributed by atoms with Crippen LogP contribution in [0, 0.1) is 0 Å². The molecule has 11 nitrogen and oxygen atoms in total. The van der Waals surface area contributed by atoms with Gasteiger partial charge < -0.3 is 29.6 Å². The molecule has 2 aromatic carbocycles. The molecule has 1 aliphatic carbocycles. The van der Waals surface area contributed by atoms with Crippen LogP contribution in [0.15, 0.2) is 59.6 Å². The molecule has 2 aromatic heterocycles. The number of primary amides is 1. The lowest BCUT2D eigenvalue weighted by Crippen LogP contribution is -2.25. The van der Waals surface area contributed by atoms with Gasteiger partial charge in [-0.15, -0.1) is 13.2 Å². The average Bonchev–Trinajstić information content (AvgIpc) is 3.64. The van der Waals surface area contributed by atoms with E-state index >= 15 is 0 Å². The third kappa shape index (κ3) is 5.05. The predicted octanol–water partition coefficient (Wildman–Crippen LogP) is 4.32. The molecule has 0 spiro atoms. The van der Waals surface area contributed by atoms with Crippen molar-refractivity contribution in [3.05, 3.63) is 60.4 Å². The highest BCUT2D eigenvalue weighted by Crippen LogP contribution is 2.44. The Morgan fingerprint density at radius 3 is 2.50 bits per heavy atom. The highest BCUT2D eigenvalue weighted by atomic mass is 32.2. The SMILES string of the molecule is NC(=O)c1c(-c2ccc3c(c2)OCO3)c2cc(NS(=O)(=O)c3ccc(OC(F)(F)F)cc3)cnc2n1C1CCCC1O. The van der Waals surface area contributed by atoms with E-state index < -0.39 is 40.2 Å². The molecule has 2 aliphatic rings. The zero-order chi connectivity index (χ0) is 29.8. The quantitative estimate of drug-likeness (QED) is 0.282. The van der Waals surface area contributed by atoms with Crippen LogP contribution in [0.5, 0.6) is 17.2 Å².